The Morgan fingerprint density at radius 1 is 0.367 bits per heavy atom. The first-order valence-corrected chi connectivity index (χ1v) is 47.1. The maximum absolute atomic E-state index is 14.6. The molecule has 852 valence electrons. The molecule has 1 unspecified atom stereocenters. The number of nitrogens with one attached hydrogen (secondary N) is 3. The normalized spacial score (nSPS) is 45.3. The Balaban J connectivity index is 1.06. The predicted molar refractivity (Wildman–Crippen MR) is 446 cm³/mol. The topological polar surface area (TPSA) is 1100 Å². The van der Waals surface area contributed by atoms with E-state index in [0.29, 0.717) is 0 Å². The molecule has 10 aliphatic heterocycles. The van der Waals surface area contributed by atoms with E-state index in [1.165, 1.54) is 0 Å². The number of ether oxygens (including phenoxy) is 19. The van der Waals surface area contributed by atoms with Crippen LogP contribution in [0.4, 0.5) is 0 Å². The molecule has 10 heterocycles. The van der Waals surface area contributed by atoms with Crippen LogP contribution in [0.3, 0.4) is 0 Å². The van der Waals surface area contributed by atoms with Gasteiger partial charge in [0.15, 0.2) is 44.0 Å². The van der Waals surface area contributed by atoms with Crippen molar-refractivity contribution in [2.45, 2.75) is 370 Å². The van der Waals surface area contributed by atoms with Gasteiger partial charge in [-0.15, -0.1) is 0 Å². The van der Waals surface area contributed by atoms with Crippen LogP contribution >= 0.6 is 7.82 Å². The van der Waals surface area contributed by atoms with Crippen LogP contribution < -0.4 is 21.7 Å². The molecule has 55 atom stereocenters. The number of phosphoric ester groups is 1. The largest absolute Gasteiger partial charge is 0.477 e. The van der Waals surface area contributed by atoms with Crippen LogP contribution in [0.25, 0.3) is 0 Å². The van der Waals surface area contributed by atoms with Crippen LogP contribution in [-0.4, -0.2) is 628 Å². The molecule has 69 heteroatoms. The minimum atomic E-state index is -5.68. The van der Waals surface area contributed by atoms with E-state index in [0.717, 1.165) is 20.8 Å². The van der Waals surface area contributed by atoms with Gasteiger partial charge in [-0.05, 0) is 0 Å². The number of hydrogen-bond acceptors (Lipinski definition) is 61. The maximum Gasteiger partial charge on any atom is 0.472 e. The van der Waals surface area contributed by atoms with Gasteiger partial charge >= 0.3 is 25.7 Å². The molecule has 0 aromatic carbocycles. The van der Waals surface area contributed by atoms with Gasteiger partial charge in [-0.3, -0.25) is 23.4 Å². The monoisotopic (exact) mass is 2180 g/mol. The number of carboxylic acids is 3. The number of hydrogen-bond donors (Lipinski definition) is 40. The fourth-order valence-corrected chi connectivity index (χ4v) is 19.3. The molecule has 10 aliphatic rings. The van der Waals surface area contributed by atoms with E-state index < -0.39 is 472 Å². The zero-order chi connectivity index (χ0) is 109. The second-order valence-electron chi connectivity index (χ2n) is 36.2. The van der Waals surface area contributed by atoms with Gasteiger partial charge in [-0.25, -0.2) is 18.9 Å². The number of aliphatic hydroxyl groups is 32. The number of carbonyl (C=O) groups excluding carboxylic acids is 3. The minimum Gasteiger partial charge on any atom is -0.477 e. The fraction of sp³-hybridized carbons (Fsp3) is 0.923. The Kier molecular flexibility index (Phi) is 44.3. The van der Waals surface area contributed by atoms with Crippen molar-refractivity contribution in [3.8, 4) is 0 Å². The molecule has 0 aromatic heterocycles. The second kappa shape index (κ2) is 52.6. The van der Waals surface area contributed by atoms with Crippen molar-refractivity contribution in [2.75, 3.05) is 79.2 Å². The Bertz CT molecular complexity index is 4240. The molecule has 10 fully saturated rings. The van der Waals surface area contributed by atoms with Gasteiger partial charge in [-0.1, -0.05) is 0 Å². The summed E-state index contributed by atoms with van der Waals surface area (Å²) in [6.45, 7) is -13.4. The number of nitrogens with two attached hydrogens (primary N) is 1. The molecule has 0 radical (unpaired) electrons. The first-order chi connectivity index (χ1) is 69.0. The molecule has 0 aliphatic carbocycles. The van der Waals surface area contributed by atoms with E-state index in [9.17, 15) is 217 Å². The third kappa shape index (κ3) is 27.4. The first-order valence-electron chi connectivity index (χ1n) is 45.6. The summed E-state index contributed by atoms with van der Waals surface area (Å²) in [5, 5.41) is 402. The van der Waals surface area contributed by atoms with Crippen molar-refractivity contribution in [3.05, 3.63) is 0 Å². The van der Waals surface area contributed by atoms with Crippen LogP contribution in [0.1, 0.15) is 40.0 Å². The number of phosphoric acid groups is 1. The quantitative estimate of drug-likeness (QED) is 0.0252. The molecule has 147 heavy (non-hydrogen) atoms. The lowest BCUT2D eigenvalue weighted by Crippen LogP contribution is -2.73. The highest BCUT2D eigenvalue weighted by Gasteiger charge is 2.68. The van der Waals surface area contributed by atoms with Gasteiger partial charge in [0, 0.05) is 46.6 Å². The van der Waals surface area contributed by atoms with Crippen molar-refractivity contribution in [1.29, 1.82) is 0 Å². The SMILES string of the molecule is CC(=O)N[C@H]1[C@H](O[C@@H]2[C@H](O[C@]3(C(=O)O)C[C@H](O)[C@@H](NC(C)=O)[C@H]([C@H](O)[C@@H](CO)O[C@]4(C(=O)O)C[C@H](O)[C@@H](NC(C)=O)[C@H]([C@H](O)[C@H](O)CO)O4)O3)[C@@H](O)[C@H](O[C@H]3[C@H](O)[C@@H](O)[C@H](O[C@@H]4[C@@H](O[C@@H]5[C@H](O)[C@@H](O[C@H]6[C@@H]([C@H](O)CO)O[C@@](O)(C(=O)O)C[C@H]6O)O[C@H]([C@H](CO)OP(=O)(O)OCCN)[C@H]5O[C@@H]5O[C@H](CO)[C@@H](O)[C@H](O)[C@H]5O)O[C@H]([C@@H](O)CO)[C@@H](O)[C@@H]4O)O[C@@H]3CO)O[C@@H]2CO)O[C@H](CO)[C@H](O)[C@@H]1O[C@@H]1O[C@H](CO)[C@H](O)[C@H](O)[C@H]1O. The summed E-state index contributed by atoms with van der Waals surface area (Å²) < 4.78 is 136. The van der Waals surface area contributed by atoms with E-state index in [1.54, 1.807) is 0 Å². The molecule has 68 nitrogen and oxygen atoms in total. The fourth-order valence-electron chi connectivity index (χ4n) is 18.4. The van der Waals surface area contributed by atoms with E-state index in [-0.39, 0.29) is 0 Å². The van der Waals surface area contributed by atoms with E-state index in [1.807, 2.05) is 0 Å². The predicted octanol–water partition coefficient (Wildman–Crippen LogP) is -25.3. The summed E-state index contributed by atoms with van der Waals surface area (Å²) in [6.07, 6.45) is -127. The Morgan fingerprint density at radius 2 is 0.776 bits per heavy atom. The standard InChI is InChI=1S/C78H131N4O64P/c1-19(93)80-35-22(96)7-77(74(119)120,143-60(35)38(102)25(99)9-83)141-31(15-89)42(106)61-36(81-20(2)94)23(97)8-78(144-61,75(121)122)145-63-52(116)70(131-33(17-91)57(63)135-66-37(82-21(3)95)59(41(105)30(14-88)127-66)137-67-48(112)43(107)39(103)28(12-86)128-67)134-56-32(16-90)130-69(50(114)47(56)111)139-64-46(110)45(109)53(26(100)10-84)132-72(64)138-62-51(115)71(133-54-24(98)6-76(123,73(117)118)142-55(54)27(101)11-85)136-58(34(18-92)146-147(124,125)126-5-4-79)65(62)140-68-49(113)44(108)40(104)29(13-87)129-68/h22-72,83-92,96-116,123H,4-18,79H2,1-3H3,(H,80,93)(H,81,94)(H,82,95)(H,117,118)(H,119,120)(H,121,122)(H,124,125)/t22-,23-,24+,25+,26-,27+,28+,29+,30+,31+,32+,33+,34-,35+,36+,37+,38+,39-,40+,41-,42+,43-,44-,45-,46-,47+,48+,49+,50+,51-,52+,53+,54+,55+,56+,57-,58+,59+,60+,61+,62+,63+,64-,65+,66-,67-,68-,69-,70-,71-,72+,76+,77+,78-/m0/s1. The summed E-state index contributed by atoms with van der Waals surface area (Å²) in [4.78, 5) is 90.5. The van der Waals surface area contributed by atoms with Gasteiger partial charge in [0.05, 0.1) is 103 Å². The second-order valence-corrected chi connectivity index (χ2v) is 37.6. The average molecular weight is 2180 g/mol. The zero-order valence-corrected chi connectivity index (χ0v) is 78.5. The Morgan fingerprint density at radius 3 is 1.27 bits per heavy atom. The highest BCUT2D eigenvalue weighted by Crippen LogP contribution is 2.50. The smallest absolute Gasteiger partial charge is 0.472 e. The van der Waals surface area contributed by atoms with Crippen molar-refractivity contribution >= 4 is 43.5 Å². The van der Waals surface area contributed by atoms with Crippen molar-refractivity contribution in [1.82, 2.24) is 16.0 Å². The third-order valence-corrected chi connectivity index (χ3v) is 27.0. The highest BCUT2D eigenvalue weighted by atomic mass is 31.2. The van der Waals surface area contributed by atoms with Gasteiger partial charge in [-0.2, -0.15) is 0 Å². The molecule has 41 N–H and O–H groups in total. The Hall–Kier alpha value is -5.15. The van der Waals surface area contributed by atoms with Crippen LogP contribution in [0.5, 0.6) is 0 Å². The molecule has 0 bridgehead atoms. The van der Waals surface area contributed by atoms with Gasteiger partial charge in [0.2, 0.25) is 17.7 Å². The summed E-state index contributed by atoms with van der Waals surface area (Å²) >= 11 is 0. The number of amides is 3. The number of aliphatic hydroxyl groups excluding tert-OH is 31. The summed E-state index contributed by atoms with van der Waals surface area (Å²) in [7, 11) is -5.68. The van der Waals surface area contributed by atoms with Gasteiger partial charge in [0.25, 0.3) is 17.4 Å². The lowest BCUT2D eigenvalue weighted by molar-refractivity contribution is -0.418. The minimum absolute atomic E-state index is 0.535. The number of rotatable bonds is 46. The molecule has 0 spiro atoms. The molecule has 10 saturated heterocycles. The third-order valence-electron chi connectivity index (χ3n) is 25.9. The molecule has 10 rings (SSSR count). The lowest BCUT2D eigenvalue weighted by atomic mass is 9.87. The van der Waals surface area contributed by atoms with Gasteiger partial charge in [0.1, 0.15) is 238 Å². The van der Waals surface area contributed by atoms with Crippen molar-refractivity contribution < 1.29 is 316 Å². The van der Waals surface area contributed by atoms with Crippen LogP contribution in [0.2, 0.25) is 0 Å². The van der Waals surface area contributed by atoms with Crippen molar-refractivity contribution in [2.24, 2.45) is 5.73 Å². The lowest BCUT2D eigenvalue weighted by Gasteiger charge is -2.53. The van der Waals surface area contributed by atoms with Crippen LogP contribution in [0, 0.1) is 0 Å². The van der Waals surface area contributed by atoms with E-state index in [4.69, 9.17) is 105 Å². The maximum atomic E-state index is 14.6. The van der Waals surface area contributed by atoms with E-state index in [2.05, 4.69) is 16.0 Å². The molecule has 0 saturated carbocycles. The average Bonchev–Trinajstić information content (AvgIpc) is 0.746. The Labute approximate surface area is 827 Å². The van der Waals surface area contributed by atoms with Crippen LogP contribution in [-0.2, 0) is 132 Å². The molecular weight excluding hydrogens is 2050 g/mol. The zero-order valence-electron chi connectivity index (χ0n) is 77.6. The number of carboxylic acid groups (broad SMARTS) is 3. The summed E-state index contributed by atoms with van der Waals surface area (Å²) in [6, 6.07) is -6.40. The number of aliphatic carboxylic acids is 3. The molecule has 0 aromatic rings. The van der Waals surface area contributed by atoms with E-state index >= 15 is 0 Å². The molecule has 3 amide bonds. The van der Waals surface area contributed by atoms with Gasteiger partial charge < -0.3 is 295 Å². The van der Waals surface area contributed by atoms with Crippen LogP contribution in [0.15, 0.2) is 0 Å². The number of carbonyl (C=O) groups is 6. The molecular formula is C78H131N4O64P. The van der Waals surface area contributed by atoms with Crippen molar-refractivity contribution in [3.63, 3.8) is 0 Å². The summed E-state index contributed by atoms with van der Waals surface area (Å²) in [5.41, 5.74) is 5.49. The summed E-state index contributed by atoms with van der Waals surface area (Å²) in [5.74, 6) is -21.3. The highest BCUT2D eigenvalue weighted by molar-refractivity contribution is 7.47. The first kappa shape index (κ1) is 124.